The number of β-lactam (4-membered cyclic amide) rings is 1. The van der Waals surface area contributed by atoms with E-state index in [1.807, 2.05) is 0 Å². The fourth-order valence-electron chi connectivity index (χ4n) is 3.43. The van der Waals surface area contributed by atoms with Crippen molar-refractivity contribution >= 4 is 57.2 Å². The van der Waals surface area contributed by atoms with E-state index in [2.05, 4.69) is 16.0 Å². The average Bonchev–Trinajstić information content (AvgIpc) is 3.32. The summed E-state index contributed by atoms with van der Waals surface area (Å²) in [7, 11) is -5.03. The molecule has 2 aliphatic rings. The fourth-order valence-corrected chi connectivity index (χ4v) is 4.82. The third-order valence-corrected chi connectivity index (χ3v) is 7.19. The Labute approximate surface area is 238 Å². The summed E-state index contributed by atoms with van der Waals surface area (Å²) in [6.07, 6.45) is 0.00332. The van der Waals surface area contributed by atoms with Crippen molar-refractivity contribution in [2.45, 2.75) is 25.4 Å². The van der Waals surface area contributed by atoms with Crippen LogP contribution in [0.15, 0.2) is 17.5 Å². The van der Waals surface area contributed by atoms with Gasteiger partial charge in [-0.15, -0.1) is 11.3 Å². The van der Waals surface area contributed by atoms with Crippen molar-refractivity contribution in [1.29, 1.82) is 0 Å². The second kappa shape index (κ2) is 12.8. The topological polar surface area (TPSA) is 205 Å². The van der Waals surface area contributed by atoms with E-state index in [4.69, 9.17) is 0 Å². The van der Waals surface area contributed by atoms with Crippen LogP contribution in [0.2, 0.25) is 0 Å². The van der Waals surface area contributed by atoms with Crippen molar-refractivity contribution in [2.24, 2.45) is 0 Å². The summed E-state index contributed by atoms with van der Waals surface area (Å²) >= 11 is 1.34. The standard InChI is InChI=1S/C19H24N6O9S2.Na/c1-2-23-5-6-24(18(30)17(23)29)19(31)22-12(9-20-14(26)8-11-4-3-7-35-11)15(27)21-13-10-25(16(13)28)36(32,33)34;/h3-4,7,12-13H,2,5-6,8-10H2,1H3,(H,20,26)(H,21,27)(H,22,31)(H,32,33,34);/q;+1/p-1/t12-,13?;/m1./s1. The molecular formula is C19H23N6NaO9S2. The summed E-state index contributed by atoms with van der Waals surface area (Å²) in [4.78, 5) is 76.7. The van der Waals surface area contributed by atoms with Gasteiger partial charge in [0.05, 0.1) is 13.0 Å². The molecule has 0 bridgehead atoms. The second-order valence-corrected chi connectivity index (χ2v) is 10.1. The molecule has 15 nitrogen and oxygen atoms in total. The number of piperazine rings is 1. The first-order valence-corrected chi connectivity index (χ1v) is 12.9. The molecule has 1 unspecified atom stereocenters. The van der Waals surface area contributed by atoms with E-state index < -0.39 is 71.0 Å². The van der Waals surface area contributed by atoms with Crippen LogP contribution in [0.25, 0.3) is 0 Å². The predicted octanol–water partition coefficient (Wildman–Crippen LogP) is -6.03. The van der Waals surface area contributed by atoms with Gasteiger partial charge in [-0.05, 0) is 18.4 Å². The van der Waals surface area contributed by atoms with Gasteiger partial charge in [-0.3, -0.25) is 28.9 Å². The molecule has 0 aromatic carbocycles. The maximum absolute atomic E-state index is 12.8. The maximum atomic E-state index is 12.8. The third-order valence-electron chi connectivity index (χ3n) is 5.45. The monoisotopic (exact) mass is 566 g/mol. The average molecular weight is 567 g/mol. The molecule has 0 radical (unpaired) electrons. The van der Waals surface area contributed by atoms with Gasteiger partial charge in [0.15, 0.2) is 10.3 Å². The van der Waals surface area contributed by atoms with Crippen LogP contribution in [-0.2, 0) is 40.7 Å². The zero-order valence-corrected chi connectivity index (χ0v) is 23.6. The molecule has 3 rings (SSSR count). The Morgan fingerprint density at radius 1 is 1.19 bits per heavy atom. The Morgan fingerprint density at radius 2 is 1.89 bits per heavy atom. The quantitative estimate of drug-likeness (QED) is 0.112. The van der Waals surface area contributed by atoms with Crippen LogP contribution >= 0.6 is 11.3 Å². The number of carbonyl (C=O) groups excluding carboxylic acids is 6. The Hall–Kier alpha value is -2.57. The summed E-state index contributed by atoms with van der Waals surface area (Å²) < 4.78 is 33.0. The molecule has 196 valence electrons. The van der Waals surface area contributed by atoms with Crippen LogP contribution in [0, 0.1) is 0 Å². The van der Waals surface area contributed by atoms with E-state index in [-0.39, 0.29) is 59.9 Å². The molecule has 37 heavy (non-hydrogen) atoms. The number of hydrogen-bond donors (Lipinski definition) is 3. The van der Waals surface area contributed by atoms with E-state index in [0.29, 0.717) is 4.90 Å². The Morgan fingerprint density at radius 3 is 2.46 bits per heavy atom. The van der Waals surface area contributed by atoms with Gasteiger partial charge in [0.2, 0.25) is 11.8 Å². The molecule has 0 spiro atoms. The molecule has 3 heterocycles. The number of urea groups is 1. The molecule has 1 aromatic heterocycles. The molecule has 3 N–H and O–H groups in total. The summed E-state index contributed by atoms with van der Waals surface area (Å²) in [5, 5.41) is 8.71. The molecule has 2 atom stereocenters. The first-order chi connectivity index (χ1) is 16.9. The molecular weight excluding hydrogens is 543 g/mol. The van der Waals surface area contributed by atoms with Crippen LogP contribution in [0.1, 0.15) is 11.8 Å². The molecule has 7 amide bonds. The van der Waals surface area contributed by atoms with Crippen molar-refractivity contribution in [1.82, 2.24) is 30.1 Å². The fraction of sp³-hybridized carbons (Fsp3) is 0.474. The van der Waals surface area contributed by atoms with E-state index in [0.717, 1.165) is 4.88 Å². The second-order valence-electron chi connectivity index (χ2n) is 7.79. The SMILES string of the molecule is CCN1CCN(C(=O)N[C@H](CNC(=O)Cc2cccs2)C(=O)NC2CN(S(=O)(=O)[O-])C2=O)C(=O)C1=O.[Na+]. The number of carbonyl (C=O) groups is 6. The number of thiophene rings is 1. The van der Waals surface area contributed by atoms with Crippen LogP contribution < -0.4 is 45.5 Å². The molecule has 2 saturated heterocycles. The molecule has 2 aliphatic heterocycles. The first kappa shape index (κ1) is 30.7. The van der Waals surface area contributed by atoms with Gasteiger partial charge in [0, 0.05) is 31.1 Å². The van der Waals surface area contributed by atoms with Crippen molar-refractivity contribution in [2.75, 3.05) is 32.7 Å². The smallest absolute Gasteiger partial charge is 0.731 e. The molecule has 2 fully saturated rings. The van der Waals surface area contributed by atoms with Crippen molar-refractivity contribution in [3.63, 3.8) is 0 Å². The molecule has 1 aromatic rings. The zero-order chi connectivity index (χ0) is 26.6. The summed E-state index contributed by atoms with van der Waals surface area (Å²) in [5.41, 5.74) is 0. The van der Waals surface area contributed by atoms with E-state index in [9.17, 15) is 41.7 Å². The summed E-state index contributed by atoms with van der Waals surface area (Å²) in [5.74, 6) is -4.58. The summed E-state index contributed by atoms with van der Waals surface area (Å²) in [6, 6.07) is -0.421. The minimum absolute atomic E-state index is 0. The molecule has 0 aliphatic carbocycles. The number of nitrogens with one attached hydrogen (secondary N) is 3. The maximum Gasteiger partial charge on any atom is 1.00 e. The van der Waals surface area contributed by atoms with Gasteiger partial charge in [0.25, 0.3) is 5.91 Å². The Balaban J connectivity index is 0.00000481. The van der Waals surface area contributed by atoms with Gasteiger partial charge in [-0.25, -0.2) is 17.5 Å². The van der Waals surface area contributed by atoms with Gasteiger partial charge in [-0.2, -0.15) is 0 Å². The Bertz CT molecular complexity index is 1180. The van der Waals surface area contributed by atoms with Crippen molar-refractivity contribution in [3.8, 4) is 0 Å². The van der Waals surface area contributed by atoms with E-state index >= 15 is 0 Å². The van der Waals surface area contributed by atoms with Crippen LogP contribution in [0.3, 0.4) is 0 Å². The number of hydrogen-bond acceptors (Lipinski definition) is 10. The number of imide groups is 1. The molecule has 18 heteroatoms. The predicted molar refractivity (Wildman–Crippen MR) is 121 cm³/mol. The zero-order valence-electron chi connectivity index (χ0n) is 20.0. The number of amides is 7. The number of likely N-dealkylation sites (N-methyl/N-ethyl adjacent to an activating group) is 1. The van der Waals surface area contributed by atoms with Gasteiger partial charge in [0.1, 0.15) is 12.1 Å². The van der Waals surface area contributed by atoms with Crippen molar-refractivity contribution in [3.05, 3.63) is 22.4 Å². The minimum atomic E-state index is -5.03. The summed E-state index contributed by atoms with van der Waals surface area (Å²) in [6.45, 7) is 0.880. The van der Waals surface area contributed by atoms with E-state index in [1.165, 1.54) is 16.2 Å². The normalized spacial score (nSPS) is 18.5. The van der Waals surface area contributed by atoms with Crippen molar-refractivity contribution < 1.29 is 71.3 Å². The third kappa shape index (κ3) is 7.48. The number of nitrogens with zero attached hydrogens (tertiary/aromatic N) is 3. The van der Waals surface area contributed by atoms with Gasteiger partial charge in [-0.1, -0.05) is 6.07 Å². The van der Waals surface area contributed by atoms with Crippen LogP contribution in [0.5, 0.6) is 0 Å². The molecule has 0 saturated carbocycles. The minimum Gasteiger partial charge on any atom is -0.731 e. The Kier molecular flexibility index (Phi) is 10.6. The van der Waals surface area contributed by atoms with Crippen LogP contribution in [0.4, 0.5) is 4.79 Å². The number of rotatable bonds is 9. The first-order valence-electron chi connectivity index (χ1n) is 10.7. The largest absolute Gasteiger partial charge is 1.00 e. The van der Waals surface area contributed by atoms with Crippen LogP contribution in [-0.4, -0.2) is 107 Å². The van der Waals surface area contributed by atoms with Gasteiger partial charge >= 0.3 is 47.4 Å². The van der Waals surface area contributed by atoms with Gasteiger partial charge < -0.3 is 25.4 Å². The van der Waals surface area contributed by atoms with E-state index in [1.54, 1.807) is 24.4 Å².